The zero-order valence-electron chi connectivity index (χ0n) is 15.7. The zero-order chi connectivity index (χ0) is 16.5. The van der Waals surface area contributed by atoms with Gasteiger partial charge in [0, 0.05) is 0 Å². The van der Waals surface area contributed by atoms with Crippen LogP contribution in [0.4, 0.5) is 0 Å². The van der Waals surface area contributed by atoms with E-state index in [-0.39, 0.29) is 0 Å². The van der Waals surface area contributed by atoms with Crippen molar-refractivity contribution >= 4 is 0 Å². The first-order chi connectivity index (χ1) is 11.9. The van der Waals surface area contributed by atoms with Gasteiger partial charge in [-0.3, -0.25) is 0 Å². The van der Waals surface area contributed by atoms with Crippen LogP contribution in [0.3, 0.4) is 0 Å². The predicted molar refractivity (Wildman–Crippen MR) is 105 cm³/mol. The maximum absolute atomic E-state index is 2.42. The highest BCUT2D eigenvalue weighted by molar-refractivity contribution is 5.20. The van der Waals surface area contributed by atoms with Crippen molar-refractivity contribution in [3.63, 3.8) is 0 Å². The molecule has 0 nitrogen and oxygen atoms in total. The Labute approximate surface area is 150 Å². The van der Waals surface area contributed by atoms with E-state index in [0.29, 0.717) is 0 Å². The summed E-state index contributed by atoms with van der Waals surface area (Å²) >= 11 is 0. The summed E-state index contributed by atoms with van der Waals surface area (Å²) in [6, 6.07) is 11.6. The minimum absolute atomic E-state index is 0.828. The van der Waals surface area contributed by atoms with Gasteiger partial charge in [-0.15, -0.1) is 0 Å². The SMILES string of the molecule is c1ccc(C(CC2CCCCCCC2)C2CCCCCCC2)cc1. The van der Waals surface area contributed by atoms with E-state index in [1.165, 1.54) is 96.3 Å². The molecule has 2 aliphatic rings. The largest absolute Gasteiger partial charge is 0.0622 e. The van der Waals surface area contributed by atoms with Gasteiger partial charge in [-0.25, -0.2) is 0 Å². The zero-order valence-corrected chi connectivity index (χ0v) is 15.7. The Morgan fingerprint density at radius 2 is 1.12 bits per heavy atom. The van der Waals surface area contributed by atoms with Gasteiger partial charge >= 0.3 is 0 Å². The molecule has 0 aromatic heterocycles. The van der Waals surface area contributed by atoms with Gasteiger partial charge < -0.3 is 0 Å². The molecule has 134 valence electrons. The first-order valence-corrected chi connectivity index (χ1v) is 11.0. The van der Waals surface area contributed by atoms with Crippen LogP contribution in [0.25, 0.3) is 0 Å². The number of rotatable bonds is 4. The van der Waals surface area contributed by atoms with Crippen LogP contribution >= 0.6 is 0 Å². The summed E-state index contributed by atoms with van der Waals surface area (Å²) in [4.78, 5) is 0. The van der Waals surface area contributed by atoms with Crippen LogP contribution < -0.4 is 0 Å². The van der Waals surface area contributed by atoms with Crippen LogP contribution in [0.1, 0.15) is 108 Å². The molecule has 3 rings (SSSR count). The second-order valence-electron chi connectivity index (χ2n) is 8.57. The molecule has 0 N–H and O–H groups in total. The normalized spacial score (nSPS) is 23.7. The van der Waals surface area contributed by atoms with E-state index in [1.807, 2.05) is 0 Å². The molecule has 0 aliphatic heterocycles. The fourth-order valence-corrected chi connectivity index (χ4v) is 5.33. The van der Waals surface area contributed by atoms with Gasteiger partial charge in [0.05, 0.1) is 0 Å². The Bertz CT molecular complexity index is 419. The third kappa shape index (κ3) is 5.64. The Hall–Kier alpha value is -0.780. The first-order valence-electron chi connectivity index (χ1n) is 11.0. The summed E-state index contributed by atoms with van der Waals surface area (Å²) in [5, 5.41) is 0. The summed E-state index contributed by atoms with van der Waals surface area (Å²) in [6.07, 6.45) is 22.2. The smallest absolute Gasteiger partial charge is 0.0131 e. The van der Waals surface area contributed by atoms with Gasteiger partial charge in [-0.05, 0) is 42.6 Å². The topological polar surface area (TPSA) is 0 Å². The molecule has 0 radical (unpaired) electrons. The van der Waals surface area contributed by atoms with Gasteiger partial charge in [0.25, 0.3) is 0 Å². The van der Waals surface area contributed by atoms with Crippen LogP contribution in [0.5, 0.6) is 0 Å². The van der Waals surface area contributed by atoms with Gasteiger partial charge in [-0.2, -0.15) is 0 Å². The highest BCUT2D eigenvalue weighted by Crippen LogP contribution is 2.41. The third-order valence-corrected chi connectivity index (χ3v) is 6.76. The lowest BCUT2D eigenvalue weighted by atomic mass is 9.72. The molecule has 1 atom stereocenters. The molecular weight excluding hydrogens is 288 g/mol. The second-order valence-corrected chi connectivity index (χ2v) is 8.57. The van der Waals surface area contributed by atoms with Crippen molar-refractivity contribution in [1.82, 2.24) is 0 Å². The van der Waals surface area contributed by atoms with Crippen molar-refractivity contribution in [2.24, 2.45) is 11.8 Å². The highest BCUT2D eigenvalue weighted by Gasteiger charge is 2.26. The first kappa shape index (κ1) is 18.0. The average Bonchev–Trinajstić information content (AvgIpc) is 2.55. The molecule has 0 amide bonds. The highest BCUT2D eigenvalue weighted by atomic mass is 14.3. The summed E-state index contributed by atoms with van der Waals surface area (Å²) < 4.78 is 0. The van der Waals surface area contributed by atoms with E-state index in [0.717, 1.165) is 17.8 Å². The van der Waals surface area contributed by atoms with Crippen LogP contribution in [0, 0.1) is 11.8 Å². The number of hydrogen-bond acceptors (Lipinski definition) is 0. The van der Waals surface area contributed by atoms with Crippen LogP contribution in [0.15, 0.2) is 30.3 Å². The monoisotopic (exact) mass is 326 g/mol. The molecule has 2 fully saturated rings. The summed E-state index contributed by atoms with van der Waals surface area (Å²) in [7, 11) is 0. The average molecular weight is 327 g/mol. The maximum atomic E-state index is 2.42. The Morgan fingerprint density at radius 3 is 1.71 bits per heavy atom. The molecule has 24 heavy (non-hydrogen) atoms. The molecule has 0 heteroatoms. The molecule has 0 bridgehead atoms. The molecule has 1 unspecified atom stereocenters. The molecule has 0 heterocycles. The van der Waals surface area contributed by atoms with Crippen LogP contribution in [0.2, 0.25) is 0 Å². The third-order valence-electron chi connectivity index (χ3n) is 6.76. The summed E-state index contributed by atoms with van der Waals surface area (Å²) in [5.41, 5.74) is 1.64. The van der Waals surface area contributed by atoms with E-state index in [1.54, 1.807) is 5.56 Å². The molecule has 2 aliphatic carbocycles. The molecular formula is C24H38. The standard InChI is InChI=1S/C24H38/c1-3-8-14-21(15-9-4-1)20-24(23-18-12-7-13-19-23)22-16-10-5-2-6-11-17-22/h7,12-13,18-19,21-22,24H,1-6,8-11,14-17,20H2. The maximum Gasteiger partial charge on any atom is -0.0131 e. The molecule has 2 saturated carbocycles. The Balaban J connectivity index is 1.70. The van der Waals surface area contributed by atoms with E-state index in [9.17, 15) is 0 Å². The Morgan fingerprint density at radius 1 is 0.625 bits per heavy atom. The van der Waals surface area contributed by atoms with Crippen molar-refractivity contribution < 1.29 is 0 Å². The van der Waals surface area contributed by atoms with Crippen molar-refractivity contribution in [3.8, 4) is 0 Å². The minimum Gasteiger partial charge on any atom is -0.0622 e. The van der Waals surface area contributed by atoms with Crippen molar-refractivity contribution in [1.29, 1.82) is 0 Å². The molecule has 0 spiro atoms. The van der Waals surface area contributed by atoms with E-state index < -0.39 is 0 Å². The Kier molecular flexibility index (Phi) is 7.71. The molecule has 1 aromatic carbocycles. The number of benzene rings is 1. The summed E-state index contributed by atoms with van der Waals surface area (Å²) in [6.45, 7) is 0. The van der Waals surface area contributed by atoms with Gasteiger partial charge in [0.1, 0.15) is 0 Å². The van der Waals surface area contributed by atoms with Crippen molar-refractivity contribution in [3.05, 3.63) is 35.9 Å². The fourth-order valence-electron chi connectivity index (χ4n) is 5.33. The fraction of sp³-hybridized carbons (Fsp3) is 0.750. The lowest BCUT2D eigenvalue weighted by molar-refractivity contribution is 0.258. The van der Waals surface area contributed by atoms with Gasteiger partial charge in [0.15, 0.2) is 0 Å². The molecule has 0 saturated heterocycles. The van der Waals surface area contributed by atoms with Gasteiger partial charge in [0.2, 0.25) is 0 Å². The summed E-state index contributed by atoms with van der Waals surface area (Å²) in [5.74, 6) is 2.76. The van der Waals surface area contributed by atoms with Crippen molar-refractivity contribution in [2.45, 2.75) is 102 Å². The minimum atomic E-state index is 0.828. The van der Waals surface area contributed by atoms with E-state index >= 15 is 0 Å². The predicted octanol–water partition coefficient (Wildman–Crippen LogP) is 7.88. The quantitative estimate of drug-likeness (QED) is 0.528. The molecule has 1 aromatic rings. The van der Waals surface area contributed by atoms with Crippen LogP contribution in [-0.2, 0) is 0 Å². The van der Waals surface area contributed by atoms with Crippen LogP contribution in [-0.4, -0.2) is 0 Å². The van der Waals surface area contributed by atoms with E-state index in [4.69, 9.17) is 0 Å². The number of hydrogen-bond donors (Lipinski definition) is 0. The van der Waals surface area contributed by atoms with Gasteiger partial charge in [-0.1, -0.05) is 107 Å². The second kappa shape index (κ2) is 10.3. The lowest BCUT2D eigenvalue weighted by Crippen LogP contribution is -2.19. The van der Waals surface area contributed by atoms with Crippen molar-refractivity contribution in [2.75, 3.05) is 0 Å². The van der Waals surface area contributed by atoms with E-state index in [2.05, 4.69) is 30.3 Å². The lowest BCUT2D eigenvalue weighted by Gasteiger charge is -2.33.